The van der Waals surface area contributed by atoms with E-state index in [1.807, 2.05) is 0 Å². The lowest BCUT2D eigenvalue weighted by Crippen LogP contribution is -2.31. The molecule has 0 radical (unpaired) electrons. The van der Waals surface area contributed by atoms with Crippen LogP contribution < -0.4 is 0 Å². The quantitative estimate of drug-likeness (QED) is 0.489. The molecule has 2 heteroatoms. The third-order valence-corrected chi connectivity index (χ3v) is 5.21. The second-order valence-electron chi connectivity index (χ2n) is 5.49. The Hall–Kier alpha value is -0.0831. The van der Waals surface area contributed by atoms with Gasteiger partial charge in [0.2, 0.25) is 0 Å². The highest BCUT2D eigenvalue weighted by Gasteiger charge is 2.23. The summed E-state index contributed by atoms with van der Waals surface area (Å²) in [5, 5.41) is 11.1. The van der Waals surface area contributed by atoms with E-state index in [1.54, 1.807) is 0 Å². The van der Waals surface area contributed by atoms with Gasteiger partial charge in [-0.2, -0.15) is 0 Å². The third kappa shape index (κ3) is 6.91. The van der Waals surface area contributed by atoms with Gasteiger partial charge in [-0.1, -0.05) is 63.9 Å². The lowest BCUT2D eigenvalue weighted by Gasteiger charge is -2.24. The van der Waals surface area contributed by atoms with Crippen molar-refractivity contribution in [1.82, 2.24) is 0 Å². The van der Waals surface area contributed by atoms with Gasteiger partial charge in [0.05, 0.1) is 14.2 Å². The fraction of sp³-hybridized carbons (Fsp3) is 0.846. The monoisotopic (exact) mass is 228 g/mol. The Balaban J connectivity index is 3.66. The second kappa shape index (κ2) is 7.23. The Labute approximate surface area is 96.6 Å². The molecule has 0 spiro atoms. The molecule has 1 N–H and O–H groups in total. The predicted molar refractivity (Wildman–Crippen MR) is 71.9 cm³/mol. The minimum absolute atomic E-state index is 0.252. The van der Waals surface area contributed by atoms with Crippen LogP contribution in [-0.4, -0.2) is 19.3 Å². The van der Waals surface area contributed by atoms with Gasteiger partial charge in [-0.25, -0.2) is 0 Å². The molecular formula is C13H28OSi. The van der Waals surface area contributed by atoms with Crippen LogP contribution in [0.15, 0.2) is 11.8 Å². The lowest BCUT2D eigenvalue weighted by atomic mass is 10.1. The van der Waals surface area contributed by atoms with Crippen LogP contribution in [0.3, 0.4) is 0 Å². The highest BCUT2D eigenvalue weighted by molar-refractivity contribution is 6.83. The molecule has 0 aliphatic heterocycles. The number of aliphatic hydroxyl groups excluding tert-OH is 1. The topological polar surface area (TPSA) is 20.2 Å². The SMILES string of the molecule is C=C(C(O)CCCCCCC)[Si](C)(C)C. The molecule has 0 amide bonds. The van der Waals surface area contributed by atoms with Crippen LogP contribution in [0.2, 0.25) is 19.6 Å². The first-order valence-electron chi connectivity index (χ1n) is 6.27. The van der Waals surface area contributed by atoms with Crippen molar-refractivity contribution in [3.05, 3.63) is 11.8 Å². The zero-order chi connectivity index (χ0) is 11.9. The summed E-state index contributed by atoms with van der Waals surface area (Å²) in [6.45, 7) is 13.0. The van der Waals surface area contributed by atoms with Crippen molar-refractivity contribution in [3.63, 3.8) is 0 Å². The van der Waals surface area contributed by atoms with E-state index >= 15 is 0 Å². The highest BCUT2D eigenvalue weighted by atomic mass is 28.3. The summed E-state index contributed by atoms with van der Waals surface area (Å²) < 4.78 is 0. The fourth-order valence-corrected chi connectivity index (χ4v) is 2.76. The van der Waals surface area contributed by atoms with E-state index in [-0.39, 0.29) is 6.10 Å². The smallest absolute Gasteiger partial charge is 0.0750 e. The molecule has 0 bridgehead atoms. The second-order valence-corrected chi connectivity index (χ2v) is 10.6. The van der Waals surface area contributed by atoms with Gasteiger partial charge >= 0.3 is 0 Å². The van der Waals surface area contributed by atoms with Gasteiger partial charge in [0, 0.05) is 0 Å². The molecule has 0 aliphatic carbocycles. The first-order valence-corrected chi connectivity index (χ1v) is 9.77. The Morgan fingerprint density at radius 3 is 2.13 bits per heavy atom. The van der Waals surface area contributed by atoms with Gasteiger partial charge in [0.25, 0.3) is 0 Å². The van der Waals surface area contributed by atoms with Crippen LogP contribution in [0.4, 0.5) is 0 Å². The zero-order valence-corrected chi connectivity index (χ0v) is 12.0. The maximum Gasteiger partial charge on any atom is 0.0750 e. The molecule has 0 aromatic rings. The van der Waals surface area contributed by atoms with E-state index in [2.05, 4.69) is 33.1 Å². The van der Waals surface area contributed by atoms with E-state index in [0.29, 0.717) is 0 Å². The van der Waals surface area contributed by atoms with E-state index < -0.39 is 8.07 Å². The summed E-state index contributed by atoms with van der Waals surface area (Å²) in [6, 6.07) is 0. The van der Waals surface area contributed by atoms with Gasteiger partial charge in [-0.15, -0.1) is 6.58 Å². The molecule has 90 valence electrons. The number of aliphatic hydroxyl groups is 1. The van der Waals surface area contributed by atoms with Crippen LogP contribution in [0.1, 0.15) is 45.4 Å². The first-order chi connectivity index (χ1) is 6.89. The van der Waals surface area contributed by atoms with Crippen LogP contribution in [0, 0.1) is 0 Å². The number of rotatable bonds is 8. The van der Waals surface area contributed by atoms with Crippen LogP contribution in [-0.2, 0) is 0 Å². The van der Waals surface area contributed by atoms with Crippen molar-refractivity contribution in [2.45, 2.75) is 71.2 Å². The van der Waals surface area contributed by atoms with E-state index in [9.17, 15) is 5.11 Å². The molecule has 0 saturated carbocycles. The molecule has 0 rings (SSSR count). The van der Waals surface area contributed by atoms with Crippen LogP contribution in [0.25, 0.3) is 0 Å². The van der Waals surface area contributed by atoms with Gasteiger partial charge in [0.1, 0.15) is 0 Å². The predicted octanol–water partition coefficient (Wildman–Crippen LogP) is 4.14. The third-order valence-electron chi connectivity index (χ3n) is 2.95. The lowest BCUT2D eigenvalue weighted by molar-refractivity contribution is 0.202. The number of unbranched alkanes of at least 4 members (excludes halogenated alkanes) is 4. The summed E-state index contributed by atoms with van der Waals surface area (Å²) in [5.74, 6) is 0. The summed E-state index contributed by atoms with van der Waals surface area (Å²) in [7, 11) is -1.34. The number of hydrogen-bond donors (Lipinski definition) is 1. The van der Waals surface area contributed by atoms with E-state index in [4.69, 9.17) is 0 Å². The van der Waals surface area contributed by atoms with Crippen LogP contribution >= 0.6 is 0 Å². The first kappa shape index (κ1) is 14.9. The summed E-state index contributed by atoms with van der Waals surface area (Å²) in [6.07, 6.45) is 6.97. The Morgan fingerprint density at radius 1 is 1.13 bits per heavy atom. The van der Waals surface area contributed by atoms with E-state index in [0.717, 1.165) is 18.0 Å². The number of hydrogen-bond acceptors (Lipinski definition) is 1. The summed E-state index contributed by atoms with van der Waals surface area (Å²) >= 11 is 0. The van der Waals surface area contributed by atoms with Crippen molar-refractivity contribution >= 4 is 8.07 Å². The van der Waals surface area contributed by atoms with Gasteiger partial charge in [0.15, 0.2) is 0 Å². The Bertz CT molecular complexity index is 181. The van der Waals surface area contributed by atoms with Crippen molar-refractivity contribution in [2.24, 2.45) is 0 Å². The highest BCUT2D eigenvalue weighted by Crippen LogP contribution is 2.20. The molecule has 1 unspecified atom stereocenters. The fourth-order valence-electron chi connectivity index (χ4n) is 1.62. The average molecular weight is 228 g/mol. The minimum atomic E-state index is -1.34. The Kier molecular flexibility index (Phi) is 7.19. The normalized spacial score (nSPS) is 13.9. The standard InChI is InChI=1S/C13H28OSi/c1-6-7-8-9-10-11-13(14)12(2)15(3,4)5/h13-14H,2,6-11H2,1,3-5H3. The van der Waals surface area contributed by atoms with Crippen molar-refractivity contribution in [2.75, 3.05) is 0 Å². The van der Waals surface area contributed by atoms with Crippen LogP contribution in [0.5, 0.6) is 0 Å². The molecule has 0 aromatic carbocycles. The summed E-state index contributed by atoms with van der Waals surface area (Å²) in [5.41, 5.74) is 0. The molecular weight excluding hydrogens is 200 g/mol. The maximum absolute atomic E-state index is 9.95. The Morgan fingerprint density at radius 2 is 1.67 bits per heavy atom. The van der Waals surface area contributed by atoms with Gasteiger partial charge in [-0.05, 0) is 6.42 Å². The van der Waals surface area contributed by atoms with Crippen molar-refractivity contribution in [1.29, 1.82) is 0 Å². The summed E-state index contributed by atoms with van der Waals surface area (Å²) in [4.78, 5) is 0. The molecule has 0 aromatic heterocycles. The zero-order valence-electron chi connectivity index (χ0n) is 11.0. The molecule has 0 aliphatic rings. The van der Waals surface area contributed by atoms with Crippen molar-refractivity contribution in [3.8, 4) is 0 Å². The maximum atomic E-state index is 9.95. The molecule has 0 fully saturated rings. The van der Waals surface area contributed by atoms with Gasteiger partial charge < -0.3 is 5.11 Å². The van der Waals surface area contributed by atoms with E-state index in [1.165, 1.54) is 25.7 Å². The molecule has 0 heterocycles. The molecule has 15 heavy (non-hydrogen) atoms. The average Bonchev–Trinajstić information content (AvgIpc) is 2.14. The minimum Gasteiger partial charge on any atom is -0.389 e. The molecule has 1 nitrogen and oxygen atoms in total. The van der Waals surface area contributed by atoms with Crippen molar-refractivity contribution < 1.29 is 5.11 Å². The largest absolute Gasteiger partial charge is 0.389 e. The molecule has 0 saturated heterocycles. The van der Waals surface area contributed by atoms with Gasteiger partial charge in [-0.3, -0.25) is 0 Å². The molecule has 1 atom stereocenters.